The van der Waals surface area contributed by atoms with Gasteiger partial charge in [0.2, 0.25) is 0 Å². The van der Waals surface area contributed by atoms with Gasteiger partial charge in [-0.3, -0.25) is 11.7 Å². The van der Waals surface area contributed by atoms with E-state index in [1.807, 2.05) is 48.5 Å². The molecular weight excluding hydrogens is 188 g/mol. The van der Waals surface area contributed by atoms with Crippen LogP contribution in [0, 0.1) is 0 Å². The van der Waals surface area contributed by atoms with Gasteiger partial charge in [0.25, 0.3) is 0 Å². The maximum atomic E-state index is 9.56. The largest absolute Gasteiger partial charge is 0.507 e. The van der Waals surface area contributed by atoms with Gasteiger partial charge in [-0.1, -0.05) is 48.5 Å². The van der Waals surface area contributed by atoms with Crippen molar-refractivity contribution in [1.82, 2.24) is 0 Å². The number of hydrazine groups is 1. The molecule has 0 aliphatic heterocycles. The molecule has 0 radical (unpaired) electrons. The van der Waals surface area contributed by atoms with Crippen LogP contribution >= 0.6 is 0 Å². The Labute approximate surface area is 88.9 Å². The Morgan fingerprint density at radius 2 is 1.27 bits per heavy atom. The van der Waals surface area contributed by atoms with Crippen LogP contribution in [0.25, 0.3) is 11.1 Å². The molecule has 0 unspecified atom stereocenters. The highest BCUT2D eigenvalue weighted by Gasteiger charge is 2.00. The molecular formula is C12H14N2O. The molecule has 0 amide bonds. The minimum Gasteiger partial charge on any atom is -0.507 e. The minimum atomic E-state index is 0.328. The van der Waals surface area contributed by atoms with E-state index in [1.165, 1.54) is 0 Å². The highest BCUT2D eigenvalue weighted by atomic mass is 16.3. The van der Waals surface area contributed by atoms with Crippen molar-refractivity contribution >= 4 is 0 Å². The first-order chi connectivity index (χ1) is 7.38. The van der Waals surface area contributed by atoms with Crippen LogP contribution in [0.1, 0.15) is 0 Å². The van der Waals surface area contributed by atoms with E-state index in [1.54, 1.807) is 6.07 Å². The molecule has 0 heterocycles. The molecule has 15 heavy (non-hydrogen) atoms. The molecule has 0 fully saturated rings. The zero-order valence-electron chi connectivity index (χ0n) is 8.30. The fraction of sp³-hybridized carbons (Fsp3) is 0. The van der Waals surface area contributed by atoms with E-state index in [2.05, 4.69) is 11.7 Å². The summed E-state index contributed by atoms with van der Waals surface area (Å²) in [6.07, 6.45) is 0. The van der Waals surface area contributed by atoms with Crippen molar-refractivity contribution in [3.63, 3.8) is 0 Å². The number of benzene rings is 2. The number of hydrogen-bond donors (Lipinski definition) is 3. The summed E-state index contributed by atoms with van der Waals surface area (Å²) in [6.45, 7) is 0. The van der Waals surface area contributed by atoms with Gasteiger partial charge in [-0.05, 0) is 11.6 Å². The second-order valence-corrected chi connectivity index (χ2v) is 2.88. The minimum absolute atomic E-state index is 0.328. The number of rotatable bonds is 1. The zero-order chi connectivity index (χ0) is 11.1. The maximum Gasteiger partial charge on any atom is 0.123 e. The van der Waals surface area contributed by atoms with Crippen molar-refractivity contribution in [3.8, 4) is 16.9 Å². The van der Waals surface area contributed by atoms with Crippen LogP contribution in [0.5, 0.6) is 5.75 Å². The summed E-state index contributed by atoms with van der Waals surface area (Å²) in [5, 5.41) is 9.56. The lowest BCUT2D eigenvalue weighted by molar-refractivity contribution is 0.477. The van der Waals surface area contributed by atoms with E-state index in [0.717, 1.165) is 11.1 Å². The molecule has 3 nitrogen and oxygen atoms in total. The highest BCUT2D eigenvalue weighted by Crippen LogP contribution is 2.27. The van der Waals surface area contributed by atoms with E-state index in [4.69, 9.17) is 0 Å². The summed E-state index contributed by atoms with van der Waals surface area (Å²) in [6, 6.07) is 17.2. The van der Waals surface area contributed by atoms with Gasteiger partial charge in [0.1, 0.15) is 5.75 Å². The third-order valence-electron chi connectivity index (χ3n) is 1.99. The highest BCUT2D eigenvalue weighted by molar-refractivity contribution is 5.69. The molecule has 0 spiro atoms. The summed E-state index contributed by atoms with van der Waals surface area (Å²) < 4.78 is 0. The Bertz CT molecular complexity index is 401. The van der Waals surface area contributed by atoms with Gasteiger partial charge in [-0.25, -0.2) is 0 Å². The molecule has 0 saturated heterocycles. The third-order valence-corrected chi connectivity index (χ3v) is 1.99. The molecule has 0 aromatic heterocycles. The molecule has 2 aromatic rings. The molecule has 78 valence electrons. The first-order valence-electron chi connectivity index (χ1n) is 4.54. The smallest absolute Gasteiger partial charge is 0.123 e. The second kappa shape index (κ2) is 5.80. The fourth-order valence-electron chi connectivity index (χ4n) is 1.34. The molecule has 0 atom stereocenters. The van der Waals surface area contributed by atoms with E-state index < -0.39 is 0 Å². The summed E-state index contributed by atoms with van der Waals surface area (Å²) >= 11 is 0. The number of hydrogen-bond acceptors (Lipinski definition) is 3. The normalized spacial score (nSPS) is 8.93. The van der Waals surface area contributed by atoms with Crippen LogP contribution in [0.2, 0.25) is 0 Å². The average Bonchev–Trinajstić information content (AvgIpc) is 2.33. The summed E-state index contributed by atoms with van der Waals surface area (Å²) in [5.41, 5.74) is 1.92. The van der Waals surface area contributed by atoms with E-state index in [0.29, 0.717) is 5.75 Å². The Hall–Kier alpha value is -1.84. The van der Waals surface area contributed by atoms with Gasteiger partial charge >= 0.3 is 0 Å². The maximum absolute atomic E-state index is 9.56. The topological polar surface area (TPSA) is 72.3 Å². The predicted octanol–water partition coefficient (Wildman–Crippen LogP) is 1.88. The second-order valence-electron chi connectivity index (χ2n) is 2.88. The van der Waals surface area contributed by atoms with E-state index in [-0.39, 0.29) is 0 Å². The number of aromatic hydroxyl groups is 1. The molecule has 0 aliphatic carbocycles. The van der Waals surface area contributed by atoms with Gasteiger partial charge in [-0.15, -0.1) is 0 Å². The van der Waals surface area contributed by atoms with Crippen LogP contribution in [0.15, 0.2) is 54.6 Å². The van der Waals surface area contributed by atoms with Crippen LogP contribution in [-0.2, 0) is 0 Å². The fourth-order valence-corrected chi connectivity index (χ4v) is 1.34. The Kier molecular flexibility index (Phi) is 4.34. The van der Waals surface area contributed by atoms with Crippen LogP contribution in [0.3, 0.4) is 0 Å². The lowest BCUT2D eigenvalue weighted by atomic mass is 10.1. The lowest BCUT2D eigenvalue weighted by Crippen LogP contribution is -2.02. The van der Waals surface area contributed by atoms with Crippen molar-refractivity contribution in [2.75, 3.05) is 0 Å². The molecule has 2 aromatic carbocycles. The van der Waals surface area contributed by atoms with Crippen molar-refractivity contribution in [2.45, 2.75) is 0 Å². The molecule has 3 heteroatoms. The van der Waals surface area contributed by atoms with Crippen molar-refractivity contribution in [3.05, 3.63) is 54.6 Å². The summed E-state index contributed by atoms with van der Waals surface area (Å²) in [4.78, 5) is 0. The number of phenols is 1. The predicted molar refractivity (Wildman–Crippen MR) is 61.9 cm³/mol. The van der Waals surface area contributed by atoms with E-state index >= 15 is 0 Å². The molecule has 2 rings (SSSR count). The number of para-hydroxylation sites is 1. The standard InChI is InChI=1S/C12H10O.H4N2/c13-12-9-5-4-8-11(12)10-6-2-1-3-7-10;1-2/h1-9,13H;1-2H2. The Balaban J connectivity index is 0.000000531. The number of phenolic OH excluding ortho intramolecular Hbond substituents is 1. The SMILES string of the molecule is NN.Oc1ccccc1-c1ccccc1. The molecule has 0 aliphatic rings. The van der Waals surface area contributed by atoms with Gasteiger partial charge in [0.05, 0.1) is 0 Å². The summed E-state index contributed by atoms with van der Waals surface area (Å²) in [7, 11) is 0. The average molecular weight is 202 g/mol. The van der Waals surface area contributed by atoms with Crippen molar-refractivity contribution < 1.29 is 5.11 Å². The van der Waals surface area contributed by atoms with E-state index in [9.17, 15) is 5.11 Å². The molecule has 0 saturated carbocycles. The van der Waals surface area contributed by atoms with Gasteiger partial charge in [0.15, 0.2) is 0 Å². The monoisotopic (exact) mass is 202 g/mol. The van der Waals surface area contributed by atoms with Crippen LogP contribution in [0.4, 0.5) is 0 Å². The Morgan fingerprint density at radius 3 is 1.87 bits per heavy atom. The lowest BCUT2D eigenvalue weighted by Gasteiger charge is -2.02. The third kappa shape index (κ3) is 2.80. The number of nitrogens with two attached hydrogens (primary N) is 2. The Morgan fingerprint density at radius 1 is 0.733 bits per heavy atom. The van der Waals surface area contributed by atoms with Crippen LogP contribution in [-0.4, -0.2) is 5.11 Å². The van der Waals surface area contributed by atoms with Gasteiger partial charge < -0.3 is 5.11 Å². The zero-order valence-corrected chi connectivity index (χ0v) is 8.30. The van der Waals surface area contributed by atoms with Crippen molar-refractivity contribution in [2.24, 2.45) is 11.7 Å². The first-order valence-corrected chi connectivity index (χ1v) is 4.54. The quantitative estimate of drug-likeness (QED) is 0.488. The molecule has 0 bridgehead atoms. The van der Waals surface area contributed by atoms with Crippen LogP contribution < -0.4 is 11.7 Å². The first kappa shape index (κ1) is 11.2. The van der Waals surface area contributed by atoms with Gasteiger partial charge in [-0.2, -0.15) is 0 Å². The summed E-state index contributed by atoms with van der Waals surface area (Å²) in [5.74, 6) is 8.33. The van der Waals surface area contributed by atoms with Crippen molar-refractivity contribution in [1.29, 1.82) is 0 Å². The van der Waals surface area contributed by atoms with Gasteiger partial charge in [0, 0.05) is 5.56 Å². The molecule has 5 N–H and O–H groups in total.